The van der Waals surface area contributed by atoms with E-state index in [9.17, 15) is 4.57 Å². The first-order valence-corrected chi connectivity index (χ1v) is 10.6. The molecular formula is C17H22ClO6P. The molecule has 3 heterocycles. The molecule has 0 bridgehead atoms. The summed E-state index contributed by atoms with van der Waals surface area (Å²) >= 11 is 5.99. The van der Waals surface area contributed by atoms with Gasteiger partial charge in [-0.2, -0.15) is 0 Å². The predicted octanol–water partition coefficient (Wildman–Crippen LogP) is 4.28. The van der Waals surface area contributed by atoms with E-state index in [1.54, 1.807) is 12.1 Å². The second kappa shape index (κ2) is 6.31. The highest BCUT2D eigenvalue weighted by atomic mass is 35.5. The van der Waals surface area contributed by atoms with Crippen molar-refractivity contribution in [3.8, 4) is 0 Å². The van der Waals surface area contributed by atoms with Crippen molar-refractivity contribution in [3.05, 3.63) is 34.9 Å². The molecule has 6 nitrogen and oxygen atoms in total. The summed E-state index contributed by atoms with van der Waals surface area (Å²) in [5.74, 6) is -0.757. The Balaban J connectivity index is 1.67. The molecule has 4 rings (SSSR count). The summed E-state index contributed by atoms with van der Waals surface area (Å²) in [4.78, 5) is 0. The molecule has 6 atom stereocenters. The van der Waals surface area contributed by atoms with Crippen molar-refractivity contribution in [3.63, 3.8) is 0 Å². The molecule has 25 heavy (non-hydrogen) atoms. The molecule has 0 unspecified atom stereocenters. The summed E-state index contributed by atoms with van der Waals surface area (Å²) < 4.78 is 42.8. The summed E-state index contributed by atoms with van der Waals surface area (Å²) in [7, 11) is -3.26. The highest BCUT2D eigenvalue weighted by molar-refractivity contribution is 7.53. The third-order valence-corrected chi connectivity index (χ3v) is 6.94. The number of benzene rings is 1. The highest BCUT2D eigenvalue weighted by Gasteiger charge is 2.62. The van der Waals surface area contributed by atoms with Gasteiger partial charge in [0, 0.05) is 11.2 Å². The van der Waals surface area contributed by atoms with Crippen LogP contribution in [0.15, 0.2) is 24.3 Å². The van der Waals surface area contributed by atoms with Crippen molar-refractivity contribution in [2.75, 3.05) is 6.16 Å². The second-order valence-electron chi connectivity index (χ2n) is 7.05. The van der Waals surface area contributed by atoms with Crippen LogP contribution in [0.4, 0.5) is 0 Å². The second-order valence-corrected chi connectivity index (χ2v) is 9.58. The average molecular weight is 389 g/mol. The summed E-state index contributed by atoms with van der Waals surface area (Å²) in [5.41, 5.74) is 0.846. The van der Waals surface area contributed by atoms with E-state index in [1.165, 1.54) is 0 Å². The van der Waals surface area contributed by atoms with Crippen molar-refractivity contribution in [1.29, 1.82) is 0 Å². The van der Waals surface area contributed by atoms with E-state index in [-0.39, 0.29) is 0 Å². The van der Waals surface area contributed by atoms with Crippen LogP contribution in [0.25, 0.3) is 0 Å². The molecule has 3 fully saturated rings. The van der Waals surface area contributed by atoms with Crippen LogP contribution in [-0.2, 0) is 27.8 Å². The molecule has 1 aromatic carbocycles. The minimum absolute atomic E-state index is 0.349. The van der Waals surface area contributed by atoms with Gasteiger partial charge in [0.05, 0.1) is 0 Å². The van der Waals surface area contributed by atoms with Gasteiger partial charge < -0.3 is 14.2 Å². The van der Waals surface area contributed by atoms with E-state index in [0.717, 1.165) is 5.56 Å². The maximum Gasteiger partial charge on any atom is 0.331 e. The Kier molecular flexibility index (Phi) is 4.52. The first kappa shape index (κ1) is 17.9. The average Bonchev–Trinajstić information content (AvgIpc) is 3.00. The van der Waals surface area contributed by atoms with Crippen molar-refractivity contribution in [1.82, 2.24) is 0 Å². The minimum atomic E-state index is -3.26. The maximum atomic E-state index is 13.2. The first-order chi connectivity index (χ1) is 11.8. The van der Waals surface area contributed by atoms with Gasteiger partial charge in [0.25, 0.3) is 0 Å². The highest BCUT2D eigenvalue weighted by Crippen LogP contribution is 2.62. The summed E-state index contributed by atoms with van der Waals surface area (Å²) in [6.45, 7) is 5.60. The largest absolute Gasteiger partial charge is 0.341 e. The molecule has 8 heteroatoms. The number of rotatable bonds is 3. The minimum Gasteiger partial charge on any atom is -0.341 e. The van der Waals surface area contributed by atoms with Crippen molar-refractivity contribution in [2.24, 2.45) is 0 Å². The SMILES string of the molecule is CCC[P@]1(=O)O[C@@H]2[C@H]3OC(C)(C)O[C@H]3O[C@@H]2[C@@H](c2ccc(Cl)cc2)O1. The topological polar surface area (TPSA) is 63.2 Å². The summed E-state index contributed by atoms with van der Waals surface area (Å²) in [6.07, 6.45) is -1.42. The van der Waals surface area contributed by atoms with Crippen molar-refractivity contribution < 1.29 is 27.8 Å². The van der Waals surface area contributed by atoms with Crippen LogP contribution in [0.1, 0.15) is 38.9 Å². The molecular weight excluding hydrogens is 367 g/mol. The molecule has 0 radical (unpaired) electrons. The first-order valence-electron chi connectivity index (χ1n) is 8.53. The van der Waals surface area contributed by atoms with Gasteiger partial charge in [-0.15, -0.1) is 0 Å². The molecule has 3 saturated heterocycles. The van der Waals surface area contributed by atoms with Gasteiger partial charge in [0.2, 0.25) is 0 Å². The van der Waals surface area contributed by atoms with E-state index in [0.29, 0.717) is 17.6 Å². The fourth-order valence-corrected chi connectivity index (χ4v) is 5.73. The Bertz CT molecular complexity index is 693. The summed E-state index contributed by atoms with van der Waals surface area (Å²) in [5, 5.41) is 0.627. The van der Waals surface area contributed by atoms with Gasteiger partial charge in [-0.25, -0.2) is 0 Å². The lowest BCUT2D eigenvalue weighted by molar-refractivity contribution is -0.229. The Morgan fingerprint density at radius 2 is 1.80 bits per heavy atom. The number of hydrogen-bond acceptors (Lipinski definition) is 6. The van der Waals surface area contributed by atoms with E-state index in [2.05, 4.69) is 0 Å². The van der Waals surface area contributed by atoms with Gasteiger partial charge in [0.1, 0.15) is 24.4 Å². The molecule has 0 N–H and O–H groups in total. The third-order valence-electron chi connectivity index (χ3n) is 4.58. The van der Waals surface area contributed by atoms with E-state index >= 15 is 0 Å². The van der Waals surface area contributed by atoms with Gasteiger partial charge >= 0.3 is 7.60 Å². The lowest BCUT2D eigenvalue weighted by atomic mass is 9.99. The smallest absolute Gasteiger partial charge is 0.331 e. The van der Waals surface area contributed by atoms with E-state index in [1.807, 2.05) is 32.9 Å². The number of fused-ring (bicyclic) bond motifs is 3. The zero-order valence-electron chi connectivity index (χ0n) is 14.4. The Morgan fingerprint density at radius 1 is 1.08 bits per heavy atom. The predicted molar refractivity (Wildman–Crippen MR) is 91.6 cm³/mol. The molecule has 0 amide bonds. The monoisotopic (exact) mass is 388 g/mol. The Morgan fingerprint density at radius 3 is 2.48 bits per heavy atom. The van der Waals surface area contributed by atoms with Crippen LogP contribution in [0.3, 0.4) is 0 Å². The molecule has 138 valence electrons. The lowest BCUT2D eigenvalue weighted by Crippen LogP contribution is -2.43. The van der Waals surface area contributed by atoms with Crippen LogP contribution in [0.2, 0.25) is 5.02 Å². The van der Waals surface area contributed by atoms with Crippen molar-refractivity contribution >= 4 is 19.2 Å². The third kappa shape index (κ3) is 3.30. The van der Waals surface area contributed by atoms with Crippen LogP contribution in [0, 0.1) is 0 Å². The maximum absolute atomic E-state index is 13.2. The zero-order chi connectivity index (χ0) is 17.8. The molecule has 3 aliphatic rings. The number of halogens is 1. The Labute approximate surface area is 152 Å². The molecule has 3 aliphatic heterocycles. The van der Waals surface area contributed by atoms with E-state index in [4.69, 9.17) is 34.9 Å². The fraction of sp³-hybridized carbons (Fsp3) is 0.647. The molecule has 1 aromatic rings. The van der Waals surface area contributed by atoms with Crippen LogP contribution in [-0.4, -0.2) is 36.6 Å². The van der Waals surface area contributed by atoms with Gasteiger partial charge in [-0.1, -0.05) is 30.7 Å². The van der Waals surface area contributed by atoms with Gasteiger partial charge in [0.15, 0.2) is 12.1 Å². The van der Waals surface area contributed by atoms with Crippen molar-refractivity contribution in [2.45, 2.75) is 63.7 Å². The van der Waals surface area contributed by atoms with Crippen LogP contribution >= 0.6 is 19.2 Å². The number of ether oxygens (including phenoxy) is 3. The van der Waals surface area contributed by atoms with Gasteiger partial charge in [-0.3, -0.25) is 13.6 Å². The normalized spacial score (nSPS) is 42.2. The van der Waals surface area contributed by atoms with E-state index < -0.39 is 44.1 Å². The van der Waals surface area contributed by atoms with Crippen LogP contribution in [0.5, 0.6) is 0 Å². The van der Waals surface area contributed by atoms with Gasteiger partial charge in [-0.05, 0) is 38.0 Å². The van der Waals surface area contributed by atoms with Crippen LogP contribution < -0.4 is 0 Å². The molecule has 0 aromatic heterocycles. The Hall–Kier alpha value is -0.460. The summed E-state index contributed by atoms with van der Waals surface area (Å²) in [6, 6.07) is 7.27. The fourth-order valence-electron chi connectivity index (χ4n) is 3.59. The molecule has 0 aliphatic carbocycles. The number of hydrogen-bond donors (Lipinski definition) is 0. The molecule has 0 spiro atoms. The lowest BCUT2D eigenvalue weighted by Gasteiger charge is -2.39. The zero-order valence-corrected chi connectivity index (χ0v) is 16.0. The quantitative estimate of drug-likeness (QED) is 0.720. The standard InChI is InChI=1S/C17H22ClO6P/c1-4-9-25(19)23-12(10-5-7-11(18)8-6-10)13-14(24-25)15-16(20-13)22-17(2,3)21-15/h5-8,12-16H,4,9H2,1-3H3/t12-,13-,14+,15-,16-,25-/m1/s1. The molecule has 0 saturated carbocycles.